The fraction of sp³-hybridized carbons (Fsp3) is 0.769. The molecule has 0 aliphatic carbocycles. The van der Waals surface area contributed by atoms with Crippen molar-refractivity contribution in [2.24, 2.45) is 11.1 Å². The zero-order chi connectivity index (χ0) is 13.1. The van der Waals surface area contributed by atoms with E-state index in [2.05, 4.69) is 50.0 Å². The number of nitrogens with two attached hydrogens (primary N) is 1. The Morgan fingerprint density at radius 1 is 1.37 bits per heavy atom. The molecule has 0 radical (unpaired) electrons. The lowest BCUT2D eigenvalue weighted by atomic mass is 9.93. The number of halogens is 2. The molecule has 19 heavy (non-hydrogen) atoms. The largest absolute Gasteiger partial charge is 0.330 e. The lowest BCUT2D eigenvalue weighted by molar-refractivity contribution is 0.208. The quantitative estimate of drug-likeness (QED) is 0.869. The molecule has 0 aromatic carbocycles. The van der Waals surface area contributed by atoms with Crippen molar-refractivity contribution >= 4 is 36.2 Å². The molecular weight excluding hydrogens is 301 g/mol. The number of thiazole rings is 1. The fourth-order valence-corrected chi connectivity index (χ4v) is 2.61. The second-order valence-corrected chi connectivity index (χ2v) is 6.76. The molecule has 114 valence electrons. The highest BCUT2D eigenvalue weighted by Gasteiger charge is 2.18. The van der Waals surface area contributed by atoms with E-state index < -0.39 is 0 Å². The third-order valence-electron chi connectivity index (χ3n) is 2.75. The lowest BCUT2D eigenvalue weighted by Crippen LogP contribution is -2.36. The van der Waals surface area contributed by atoms with Crippen molar-refractivity contribution in [1.82, 2.24) is 9.88 Å². The molecule has 0 atom stereocenters. The summed E-state index contributed by atoms with van der Waals surface area (Å²) in [6.07, 6.45) is 0. The molecule has 0 saturated carbocycles. The number of aromatic nitrogens is 1. The second-order valence-electron chi connectivity index (χ2n) is 5.87. The van der Waals surface area contributed by atoms with Crippen LogP contribution in [0.25, 0.3) is 0 Å². The van der Waals surface area contributed by atoms with Gasteiger partial charge in [-0.3, -0.25) is 4.90 Å². The molecule has 6 heteroatoms. The molecule has 0 spiro atoms. The number of hydrogen-bond donors (Lipinski definition) is 1. The Hall–Kier alpha value is 0.130. The van der Waals surface area contributed by atoms with Crippen LogP contribution < -0.4 is 5.73 Å². The van der Waals surface area contributed by atoms with E-state index >= 15 is 0 Å². The van der Waals surface area contributed by atoms with Gasteiger partial charge in [0.2, 0.25) is 0 Å². The summed E-state index contributed by atoms with van der Waals surface area (Å²) in [4.78, 5) is 6.95. The molecule has 2 N–H and O–H groups in total. The van der Waals surface area contributed by atoms with Gasteiger partial charge in [-0.15, -0.1) is 36.2 Å². The van der Waals surface area contributed by atoms with Gasteiger partial charge < -0.3 is 5.73 Å². The molecule has 1 heterocycles. The molecular formula is C13H27Cl2N3S. The average Bonchev–Trinajstić information content (AvgIpc) is 2.65. The maximum Gasteiger partial charge on any atom is 0.0954 e. The van der Waals surface area contributed by atoms with Crippen molar-refractivity contribution in [3.63, 3.8) is 0 Å². The van der Waals surface area contributed by atoms with Gasteiger partial charge in [0.25, 0.3) is 0 Å². The first-order chi connectivity index (χ1) is 7.84. The molecule has 0 unspecified atom stereocenters. The highest BCUT2D eigenvalue weighted by Crippen LogP contribution is 2.21. The molecule has 0 aliphatic rings. The van der Waals surface area contributed by atoms with E-state index in [9.17, 15) is 0 Å². The summed E-state index contributed by atoms with van der Waals surface area (Å²) >= 11 is 1.76. The highest BCUT2D eigenvalue weighted by atomic mass is 35.5. The fourth-order valence-electron chi connectivity index (χ4n) is 1.79. The van der Waals surface area contributed by atoms with Crippen LogP contribution in [-0.2, 0) is 6.54 Å². The van der Waals surface area contributed by atoms with E-state index in [-0.39, 0.29) is 30.2 Å². The van der Waals surface area contributed by atoms with Gasteiger partial charge in [0.1, 0.15) is 0 Å². The normalized spacial score (nSPS) is 11.4. The van der Waals surface area contributed by atoms with Gasteiger partial charge in [-0.05, 0) is 19.0 Å². The Kier molecular flexibility index (Phi) is 10.3. The Morgan fingerprint density at radius 3 is 2.37 bits per heavy atom. The van der Waals surface area contributed by atoms with E-state index in [0.717, 1.165) is 13.1 Å². The Balaban J connectivity index is 0. The van der Waals surface area contributed by atoms with E-state index in [1.807, 2.05) is 0 Å². The molecule has 3 nitrogen and oxygen atoms in total. The van der Waals surface area contributed by atoms with Gasteiger partial charge in [0.15, 0.2) is 0 Å². The molecule has 1 aromatic heterocycles. The zero-order valence-electron chi connectivity index (χ0n) is 12.5. The number of hydrogen-bond acceptors (Lipinski definition) is 4. The second kappa shape index (κ2) is 9.14. The smallest absolute Gasteiger partial charge is 0.0954 e. The SMILES string of the molecule is CC(C)c1nc(CN(C)CC(C)(C)CN)cs1.Cl.Cl. The summed E-state index contributed by atoms with van der Waals surface area (Å²) in [5.41, 5.74) is 7.10. The van der Waals surface area contributed by atoms with Crippen LogP contribution in [0.3, 0.4) is 0 Å². The first-order valence-electron chi connectivity index (χ1n) is 6.17. The standard InChI is InChI=1S/C13H25N3S.2ClH/c1-10(2)12-15-11(7-17-12)6-16(5)9-13(3,4)8-14;;/h7,10H,6,8-9,14H2,1-5H3;2*1H. The molecule has 1 aromatic rings. The van der Waals surface area contributed by atoms with Crippen molar-refractivity contribution in [1.29, 1.82) is 0 Å². The summed E-state index contributed by atoms with van der Waals surface area (Å²) in [6.45, 7) is 11.4. The molecule has 0 fully saturated rings. The maximum atomic E-state index is 5.75. The predicted molar refractivity (Wildman–Crippen MR) is 89.9 cm³/mol. The monoisotopic (exact) mass is 327 g/mol. The van der Waals surface area contributed by atoms with Gasteiger partial charge in [-0.25, -0.2) is 4.98 Å². The molecule has 0 saturated heterocycles. The maximum absolute atomic E-state index is 5.75. The summed E-state index contributed by atoms with van der Waals surface area (Å²) in [5.74, 6) is 0.527. The van der Waals surface area contributed by atoms with Crippen molar-refractivity contribution < 1.29 is 0 Å². The van der Waals surface area contributed by atoms with E-state index in [0.29, 0.717) is 12.5 Å². The minimum atomic E-state index is 0. The topological polar surface area (TPSA) is 42.2 Å². The van der Waals surface area contributed by atoms with Crippen molar-refractivity contribution in [2.75, 3.05) is 20.1 Å². The van der Waals surface area contributed by atoms with Crippen molar-refractivity contribution in [3.05, 3.63) is 16.1 Å². The van der Waals surface area contributed by atoms with Crippen LogP contribution in [0, 0.1) is 5.41 Å². The molecule has 0 aliphatic heterocycles. The van der Waals surface area contributed by atoms with Crippen LogP contribution in [0.1, 0.15) is 44.3 Å². The summed E-state index contributed by atoms with van der Waals surface area (Å²) in [6, 6.07) is 0. The predicted octanol–water partition coefficient (Wildman–Crippen LogP) is 3.53. The zero-order valence-corrected chi connectivity index (χ0v) is 14.9. The molecule has 1 rings (SSSR count). The Bertz CT molecular complexity index is 353. The first kappa shape index (κ1) is 21.4. The van der Waals surface area contributed by atoms with Crippen LogP contribution in [0.15, 0.2) is 5.38 Å². The van der Waals surface area contributed by atoms with Gasteiger partial charge >= 0.3 is 0 Å². The summed E-state index contributed by atoms with van der Waals surface area (Å²) in [5, 5.41) is 3.40. The van der Waals surface area contributed by atoms with Crippen LogP contribution in [0.5, 0.6) is 0 Å². The van der Waals surface area contributed by atoms with E-state index in [4.69, 9.17) is 5.73 Å². The van der Waals surface area contributed by atoms with Crippen LogP contribution in [0.4, 0.5) is 0 Å². The van der Waals surface area contributed by atoms with E-state index in [1.165, 1.54) is 10.7 Å². The number of nitrogens with zero attached hydrogens (tertiary/aromatic N) is 2. The van der Waals surface area contributed by atoms with Crippen molar-refractivity contribution in [2.45, 2.75) is 40.2 Å². The van der Waals surface area contributed by atoms with Gasteiger partial charge in [-0.1, -0.05) is 27.7 Å². The molecule has 0 amide bonds. The summed E-state index contributed by atoms with van der Waals surface area (Å²) < 4.78 is 0. The molecule has 0 bridgehead atoms. The lowest BCUT2D eigenvalue weighted by Gasteiger charge is -2.28. The van der Waals surface area contributed by atoms with Crippen LogP contribution in [0.2, 0.25) is 0 Å². The number of rotatable bonds is 6. The average molecular weight is 328 g/mol. The first-order valence-corrected chi connectivity index (χ1v) is 7.05. The highest BCUT2D eigenvalue weighted by molar-refractivity contribution is 7.09. The Labute approximate surface area is 133 Å². The third-order valence-corrected chi connectivity index (χ3v) is 3.94. The van der Waals surface area contributed by atoms with E-state index in [1.54, 1.807) is 11.3 Å². The summed E-state index contributed by atoms with van der Waals surface area (Å²) in [7, 11) is 2.13. The van der Waals surface area contributed by atoms with Gasteiger partial charge in [-0.2, -0.15) is 0 Å². The van der Waals surface area contributed by atoms with Crippen molar-refractivity contribution in [3.8, 4) is 0 Å². The van der Waals surface area contributed by atoms with Gasteiger partial charge in [0.05, 0.1) is 10.7 Å². The minimum Gasteiger partial charge on any atom is -0.330 e. The minimum absolute atomic E-state index is 0. The third kappa shape index (κ3) is 7.47. The van der Waals surface area contributed by atoms with Gasteiger partial charge in [0, 0.05) is 24.4 Å². The van der Waals surface area contributed by atoms with Crippen LogP contribution in [-0.4, -0.2) is 30.0 Å². The van der Waals surface area contributed by atoms with Crippen LogP contribution >= 0.6 is 36.2 Å². The Morgan fingerprint density at radius 2 is 1.95 bits per heavy atom.